The Bertz CT molecular complexity index is 602. The molecule has 4 nitrogen and oxygen atoms in total. The largest absolute Gasteiger partial charge is 0.307 e. The highest BCUT2D eigenvalue weighted by molar-refractivity contribution is 5.30. The molecule has 1 unspecified atom stereocenters. The Hall–Kier alpha value is -1.68. The number of rotatable bonds is 6. The van der Waals surface area contributed by atoms with Crippen LogP contribution in [0.5, 0.6) is 0 Å². The number of aromatic nitrogens is 3. The minimum absolute atomic E-state index is 0.580. The number of hydrogen-bond acceptors (Lipinski definition) is 3. The molecule has 0 amide bonds. The molecule has 1 N–H and O–H groups in total. The van der Waals surface area contributed by atoms with Crippen LogP contribution in [0.15, 0.2) is 36.7 Å². The van der Waals surface area contributed by atoms with Crippen molar-refractivity contribution in [3.05, 3.63) is 42.5 Å². The summed E-state index contributed by atoms with van der Waals surface area (Å²) in [4.78, 5) is 4.40. The van der Waals surface area contributed by atoms with Crippen molar-refractivity contribution in [3.63, 3.8) is 0 Å². The lowest BCUT2D eigenvalue weighted by Crippen LogP contribution is -2.29. The highest BCUT2D eigenvalue weighted by Crippen LogP contribution is 2.55. The summed E-state index contributed by atoms with van der Waals surface area (Å²) in [5, 5.41) is 7.99. The third-order valence-electron chi connectivity index (χ3n) is 4.96. The molecular weight excluding hydrogens is 260 g/mol. The van der Waals surface area contributed by atoms with Crippen molar-refractivity contribution < 1.29 is 0 Å². The Morgan fingerprint density at radius 1 is 1.29 bits per heavy atom. The van der Waals surface area contributed by atoms with E-state index in [2.05, 4.69) is 34.5 Å². The zero-order valence-corrected chi connectivity index (χ0v) is 12.4. The molecule has 110 valence electrons. The van der Waals surface area contributed by atoms with E-state index in [4.69, 9.17) is 0 Å². The smallest absolute Gasteiger partial charge is 0.146 e. The average Bonchev–Trinajstić information content (AvgIpc) is 3.41. The van der Waals surface area contributed by atoms with E-state index >= 15 is 0 Å². The van der Waals surface area contributed by atoms with Gasteiger partial charge in [-0.1, -0.05) is 18.2 Å². The first-order valence-corrected chi connectivity index (χ1v) is 8.00. The van der Waals surface area contributed by atoms with Gasteiger partial charge in [0.2, 0.25) is 0 Å². The summed E-state index contributed by atoms with van der Waals surface area (Å²) in [5.74, 6) is 3.91. The monoisotopic (exact) mass is 282 g/mol. The van der Waals surface area contributed by atoms with Crippen LogP contribution in [-0.2, 0) is 6.54 Å². The van der Waals surface area contributed by atoms with Crippen LogP contribution in [0.2, 0.25) is 0 Å². The number of nitrogens with one attached hydrogen (secondary N) is 1. The van der Waals surface area contributed by atoms with Crippen molar-refractivity contribution in [2.24, 2.45) is 17.8 Å². The Kier molecular flexibility index (Phi) is 3.26. The first kappa shape index (κ1) is 13.0. The molecule has 1 heterocycles. The molecule has 2 aliphatic carbocycles. The van der Waals surface area contributed by atoms with Crippen molar-refractivity contribution in [2.75, 3.05) is 0 Å². The summed E-state index contributed by atoms with van der Waals surface area (Å²) in [7, 11) is 0. The van der Waals surface area contributed by atoms with Crippen LogP contribution < -0.4 is 5.32 Å². The number of benzene rings is 1. The van der Waals surface area contributed by atoms with E-state index in [0.29, 0.717) is 6.04 Å². The van der Waals surface area contributed by atoms with Crippen molar-refractivity contribution in [3.8, 4) is 5.69 Å². The van der Waals surface area contributed by atoms with Crippen LogP contribution in [0, 0.1) is 17.8 Å². The second kappa shape index (κ2) is 5.26. The number of para-hydroxylation sites is 1. The van der Waals surface area contributed by atoms with Crippen LogP contribution in [0.3, 0.4) is 0 Å². The number of hydrogen-bond donors (Lipinski definition) is 1. The van der Waals surface area contributed by atoms with E-state index in [1.165, 1.54) is 19.3 Å². The Balaban J connectivity index is 1.38. The molecule has 2 aliphatic rings. The molecule has 0 radical (unpaired) electrons. The molecule has 0 saturated heterocycles. The maximum Gasteiger partial charge on any atom is 0.146 e. The van der Waals surface area contributed by atoms with Gasteiger partial charge in [-0.3, -0.25) is 0 Å². The van der Waals surface area contributed by atoms with Crippen LogP contribution in [0.1, 0.15) is 32.0 Å². The summed E-state index contributed by atoms with van der Waals surface area (Å²) in [6, 6.07) is 10.8. The number of nitrogens with zero attached hydrogens (tertiary/aromatic N) is 3. The Morgan fingerprint density at radius 2 is 2.10 bits per heavy atom. The van der Waals surface area contributed by atoms with Crippen LogP contribution in [-0.4, -0.2) is 20.8 Å². The molecule has 2 aromatic rings. The fourth-order valence-corrected chi connectivity index (χ4v) is 3.45. The molecule has 21 heavy (non-hydrogen) atoms. The van der Waals surface area contributed by atoms with Gasteiger partial charge in [-0.15, -0.1) is 0 Å². The predicted octanol–water partition coefficient (Wildman–Crippen LogP) is 2.79. The van der Waals surface area contributed by atoms with Gasteiger partial charge in [0.15, 0.2) is 0 Å². The maximum absolute atomic E-state index is 4.40. The van der Waals surface area contributed by atoms with Gasteiger partial charge in [0, 0.05) is 6.04 Å². The van der Waals surface area contributed by atoms with Crippen LogP contribution in [0.25, 0.3) is 5.69 Å². The fourth-order valence-electron chi connectivity index (χ4n) is 3.45. The Morgan fingerprint density at radius 3 is 2.86 bits per heavy atom. The van der Waals surface area contributed by atoms with Crippen molar-refractivity contribution in [1.82, 2.24) is 20.1 Å². The third kappa shape index (κ3) is 2.72. The summed E-state index contributed by atoms with van der Waals surface area (Å²) in [6.45, 7) is 3.10. The molecule has 2 fully saturated rings. The average molecular weight is 282 g/mol. The molecule has 2 saturated carbocycles. The summed E-state index contributed by atoms with van der Waals surface area (Å²) >= 11 is 0. The van der Waals surface area contributed by atoms with Gasteiger partial charge >= 0.3 is 0 Å². The van der Waals surface area contributed by atoms with E-state index in [0.717, 1.165) is 35.8 Å². The predicted molar refractivity (Wildman–Crippen MR) is 82.0 cm³/mol. The zero-order valence-electron chi connectivity index (χ0n) is 12.4. The molecule has 4 rings (SSSR count). The van der Waals surface area contributed by atoms with E-state index in [9.17, 15) is 0 Å². The van der Waals surface area contributed by atoms with Crippen molar-refractivity contribution in [1.29, 1.82) is 0 Å². The zero-order chi connectivity index (χ0) is 14.2. The van der Waals surface area contributed by atoms with E-state index in [-0.39, 0.29) is 0 Å². The van der Waals surface area contributed by atoms with Gasteiger partial charge in [0.1, 0.15) is 12.2 Å². The summed E-state index contributed by atoms with van der Waals surface area (Å²) in [6.07, 6.45) is 6.00. The minimum Gasteiger partial charge on any atom is -0.307 e. The molecule has 4 heteroatoms. The van der Waals surface area contributed by atoms with E-state index in [1.54, 1.807) is 6.33 Å². The summed E-state index contributed by atoms with van der Waals surface area (Å²) < 4.78 is 1.92. The highest BCUT2D eigenvalue weighted by Gasteiger charge is 2.49. The first-order valence-electron chi connectivity index (χ1n) is 8.00. The Labute approximate surface area is 125 Å². The summed E-state index contributed by atoms with van der Waals surface area (Å²) in [5.41, 5.74) is 1.07. The molecule has 0 spiro atoms. The topological polar surface area (TPSA) is 42.7 Å². The third-order valence-corrected chi connectivity index (χ3v) is 4.96. The van der Waals surface area contributed by atoms with E-state index in [1.807, 2.05) is 22.9 Å². The first-order chi connectivity index (χ1) is 10.3. The van der Waals surface area contributed by atoms with Gasteiger partial charge in [-0.05, 0) is 56.1 Å². The normalized spacial score (nSPS) is 25.8. The second-order valence-corrected chi connectivity index (χ2v) is 6.49. The lowest BCUT2D eigenvalue weighted by Gasteiger charge is -2.14. The lowest BCUT2D eigenvalue weighted by molar-refractivity contribution is 0.448. The van der Waals surface area contributed by atoms with Gasteiger partial charge in [0.05, 0.1) is 12.2 Å². The lowest BCUT2D eigenvalue weighted by atomic mass is 10.1. The molecule has 3 atom stereocenters. The van der Waals surface area contributed by atoms with Gasteiger partial charge < -0.3 is 5.32 Å². The van der Waals surface area contributed by atoms with Gasteiger partial charge in [-0.2, -0.15) is 5.10 Å². The fraction of sp³-hybridized carbons (Fsp3) is 0.529. The second-order valence-electron chi connectivity index (χ2n) is 6.49. The van der Waals surface area contributed by atoms with Crippen molar-refractivity contribution in [2.45, 2.75) is 38.8 Å². The molecule has 0 aliphatic heterocycles. The standard InChI is InChI=1S/C17H22N4/c1-12(15-9-16(15)13-7-8-13)18-10-17-19-11-20-21(17)14-5-3-2-4-6-14/h2-6,11-13,15-16,18H,7-10H2,1H3/t12?,15-,16-/m0/s1. The SMILES string of the molecule is CC(NCc1ncnn1-c1ccccc1)[C@@H]1C[C@H]1C1CC1. The van der Waals surface area contributed by atoms with Gasteiger partial charge in [-0.25, -0.2) is 9.67 Å². The van der Waals surface area contributed by atoms with E-state index < -0.39 is 0 Å². The van der Waals surface area contributed by atoms with Gasteiger partial charge in [0.25, 0.3) is 0 Å². The molecule has 1 aromatic carbocycles. The minimum atomic E-state index is 0.580. The molecule has 1 aromatic heterocycles. The maximum atomic E-state index is 4.40. The quantitative estimate of drug-likeness (QED) is 0.886. The van der Waals surface area contributed by atoms with Crippen molar-refractivity contribution >= 4 is 0 Å². The highest BCUT2D eigenvalue weighted by atomic mass is 15.3. The molecule has 0 bridgehead atoms. The van der Waals surface area contributed by atoms with Crippen LogP contribution >= 0.6 is 0 Å². The van der Waals surface area contributed by atoms with Crippen LogP contribution in [0.4, 0.5) is 0 Å². The molecular formula is C17H22N4.